The molecule has 5 N–H and O–H groups in total. The number of carboxylic acids is 1. The van der Waals surface area contributed by atoms with Crippen LogP contribution in [0.1, 0.15) is 47.1 Å². The molecule has 0 aliphatic carbocycles. The largest absolute Gasteiger partial charge is 0.492 e. The number of aliphatic hydroxyl groups is 3. The lowest BCUT2D eigenvalue weighted by Crippen LogP contribution is -2.49. The Hall–Kier alpha value is -4.45. The highest BCUT2D eigenvalue weighted by atomic mass is 35.5. The number of ether oxygens (including phenoxy) is 3. The molecular formula is C40H44Cl2N4O8. The monoisotopic (exact) mass is 778 g/mol. The van der Waals surface area contributed by atoms with Crippen molar-refractivity contribution in [2.45, 2.75) is 57.6 Å². The van der Waals surface area contributed by atoms with Gasteiger partial charge in [0, 0.05) is 61.3 Å². The summed E-state index contributed by atoms with van der Waals surface area (Å²) in [6.45, 7) is 4.22. The highest BCUT2D eigenvalue weighted by Crippen LogP contribution is 2.39. The molecule has 12 nitrogen and oxygen atoms in total. The molecule has 5 rings (SSSR count). The molecule has 0 radical (unpaired) electrons. The molecular weight excluding hydrogens is 735 g/mol. The van der Waals surface area contributed by atoms with Crippen LogP contribution in [-0.2, 0) is 24.6 Å². The van der Waals surface area contributed by atoms with Crippen molar-refractivity contribution in [3.8, 4) is 34.4 Å². The van der Waals surface area contributed by atoms with E-state index in [2.05, 4.69) is 21.3 Å². The zero-order valence-electron chi connectivity index (χ0n) is 29.9. The Morgan fingerprint density at radius 3 is 2.41 bits per heavy atom. The summed E-state index contributed by atoms with van der Waals surface area (Å²) in [4.78, 5) is 17.5. The van der Waals surface area contributed by atoms with Gasteiger partial charge in [-0.2, -0.15) is 5.26 Å². The van der Waals surface area contributed by atoms with Crippen LogP contribution in [0, 0.1) is 18.3 Å². The van der Waals surface area contributed by atoms with Crippen molar-refractivity contribution in [3.63, 3.8) is 0 Å². The average molecular weight is 780 g/mol. The maximum atomic E-state index is 11.3. The number of likely N-dealkylation sites (tertiary alicyclic amines) is 1. The molecule has 0 saturated carbocycles. The SMILES string of the molecule is Cc1c(COc2cc(OCc3cncc(C#N)c3)c(CNC(CO)CO)cc2Cl)cccc1-c1cccc(OCCCN2CCC(O)(C(=O)O)CC2)c1Cl. The number of carbonyl (C=O) groups is 1. The lowest BCUT2D eigenvalue weighted by atomic mass is 9.91. The molecule has 286 valence electrons. The number of aromatic nitrogens is 1. The number of carboxylic acid groups (broad SMARTS) is 1. The van der Waals surface area contributed by atoms with E-state index in [0.717, 1.165) is 22.3 Å². The molecule has 1 fully saturated rings. The summed E-state index contributed by atoms with van der Waals surface area (Å²) < 4.78 is 18.5. The molecule has 1 aliphatic heterocycles. The second-order valence-electron chi connectivity index (χ2n) is 13.2. The van der Waals surface area contributed by atoms with Gasteiger partial charge in [-0.3, -0.25) is 4.98 Å². The zero-order valence-corrected chi connectivity index (χ0v) is 31.4. The van der Waals surface area contributed by atoms with E-state index in [1.165, 1.54) is 6.20 Å². The van der Waals surface area contributed by atoms with Crippen molar-refractivity contribution in [2.24, 2.45) is 0 Å². The third kappa shape index (κ3) is 10.4. The number of nitrogens with one attached hydrogen (secondary N) is 1. The lowest BCUT2D eigenvalue weighted by molar-refractivity contribution is -0.163. The number of nitriles is 1. The van der Waals surface area contributed by atoms with Crippen LogP contribution in [0.5, 0.6) is 17.2 Å². The van der Waals surface area contributed by atoms with E-state index in [-0.39, 0.29) is 45.8 Å². The predicted octanol–water partition coefficient (Wildman–Crippen LogP) is 5.52. The fraction of sp³-hybridized carbons (Fsp3) is 0.375. The minimum absolute atomic E-state index is 0.128. The number of hydrogen-bond donors (Lipinski definition) is 5. The maximum Gasteiger partial charge on any atom is 0.335 e. The molecule has 2 heterocycles. The Labute approximate surface area is 324 Å². The van der Waals surface area contributed by atoms with E-state index >= 15 is 0 Å². The number of rotatable bonds is 18. The van der Waals surface area contributed by atoms with Gasteiger partial charge in [-0.25, -0.2) is 4.79 Å². The van der Waals surface area contributed by atoms with E-state index in [0.29, 0.717) is 76.6 Å². The Bertz CT molecular complexity index is 1940. The Kier molecular flexibility index (Phi) is 14.5. The van der Waals surface area contributed by atoms with Crippen LogP contribution in [0.15, 0.2) is 67.0 Å². The normalized spacial score (nSPS) is 14.1. The molecule has 1 saturated heterocycles. The molecule has 1 aliphatic rings. The summed E-state index contributed by atoms with van der Waals surface area (Å²) >= 11 is 13.6. The Balaban J connectivity index is 1.26. The number of benzene rings is 3. The Morgan fingerprint density at radius 2 is 1.69 bits per heavy atom. The summed E-state index contributed by atoms with van der Waals surface area (Å²) in [5.74, 6) is 0.248. The van der Waals surface area contributed by atoms with Crippen molar-refractivity contribution in [1.82, 2.24) is 15.2 Å². The van der Waals surface area contributed by atoms with Gasteiger partial charge in [0.25, 0.3) is 0 Å². The van der Waals surface area contributed by atoms with Gasteiger partial charge in [0.15, 0.2) is 5.60 Å². The quantitative estimate of drug-likeness (QED) is 0.0801. The van der Waals surface area contributed by atoms with Crippen LogP contribution >= 0.6 is 23.2 Å². The Morgan fingerprint density at radius 1 is 0.963 bits per heavy atom. The summed E-state index contributed by atoms with van der Waals surface area (Å²) in [5, 5.41) is 51.7. The van der Waals surface area contributed by atoms with Crippen LogP contribution < -0.4 is 19.5 Å². The van der Waals surface area contributed by atoms with Gasteiger partial charge in [0.05, 0.1) is 41.5 Å². The molecule has 54 heavy (non-hydrogen) atoms. The van der Waals surface area contributed by atoms with E-state index in [1.54, 1.807) is 24.4 Å². The minimum Gasteiger partial charge on any atom is -0.492 e. The van der Waals surface area contributed by atoms with E-state index < -0.39 is 17.6 Å². The third-order valence-corrected chi connectivity index (χ3v) is 10.2. The number of nitrogens with zero attached hydrogens (tertiary/aromatic N) is 3. The number of aliphatic carboxylic acids is 1. The van der Waals surface area contributed by atoms with Gasteiger partial charge in [-0.1, -0.05) is 53.5 Å². The average Bonchev–Trinajstić information content (AvgIpc) is 3.18. The molecule has 4 aromatic rings. The number of hydrogen-bond acceptors (Lipinski definition) is 11. The van der Waals surface area contributed by atoms with E-state index in [4.69, 9.17) is 37.4 Å². The minimum atomic E-state index is -1.64. The standard InChI is InChI=1S/C40H44Cl2N4O8/c1-26-29(5-2-6-32(26)33-7-3-8-35(38(33)42)52-14-4-11-46-12-9-40(51,10-13-46)39(49)50)25-54-37-17-36(53-24-28-15-27(18-43)19-44-20-28)30(16-34(37)41)21-45-31(22-47)23-48/h2-3,5-8,15-17,19-20,31,45,47-48,51H,4,9-14,21-25H2,1H3,(H,49,50). The zero-order chi connectivity index (χ0) is 38.7. The van der Waals surface area contributed by atoms with E-state index in [9.17, 15) is 30.5 Å². The number of piperidine rings is 1. The van der Waals surface area contributed by atoms with Gasteiger partial charge >= 0.3 is 5.97 Å². The van der Waals surface area contributed by atoms with Crippen LogP contribution in [0.25, 0.3) is 11.1 Å². The fourth-order valence-electron chi connectivity index (χ4n) is 6.14. The highest BCUT2D eigenvalue weighted by Gasteiger charge is 2.39. The predicted molar refractivity (Wildman–Crippen MR) is 204 cm³/mol. The van der Waals surface area contributed by atoms with Crippen LogP contribution in [-0.4, -0.2) is 87.4 Å². The number of halogens is 2. The van der Waals surface area contributed by atoms with Gasteiger partial charge in [0.1, 0.15) is 36.5 Å². The fourth-order valence-corrected chi connectivity index (χ4v) is 6.66. The molecule has 0 unspecified atom stereocenters. The van der Waals surface area contributed by atoms with Crippen molar-refractivity contribution < 1.29 is 39.4 Å². The topological polar surface area (TPSA) is 178 Å². The number of aliphatic hydroxyl groups excluding tert-OH is 2. The molecule has 0 spiro atoms. The molecule has 0 atom stereocenters. The smallest absolute Gasteiger partial charge is 0.335 e. The first-order valence-electron chi connectivity index (χ1n) is 17.6. The van der Waals surface area contributed by atoms with Crippen molar-refractivity contribution >= 4 is 29.2 Å². The van der Waals surface area contributed by atoms with Gasteiger partial charge in [0.2, 0.25) is 0 Å². The molecule has 0 amide bonds. The molecule has 3 aromatic carbocycles. The van der Waals surface area contributed by atoms with Crippen molar-refractivity contribution in [1.29, 1.82) is 5.26 Å². The highest BCUT2D eigenvalue weighted by molar-refractivity contribution is 6.35. The summed E-state index contributed by atoms with van der Waals surface area (Å²) in [6.07, 6.45) is 4.20. The van der Waals surface area contributed by atoms with E-state index in [1.807, 2.05) is 43.3 Å². The molecule has 0 bridgehead atoms. The molecule has 1 aromatic heterocycles. The first kappa shape index (κ1) is 40.7. The van der Waals surface area contributed by atoms with Gasteiger partial charge < -0.3 is 44.9 Å². The molecule has 14 heteroatoms. The second-order valence-corrected chi connectivity index (χ2v) is 14.0. The summed E-state index contributed by atoms with van der Waals surface area (Å²) in [7, 11) is 0. The first-order chi connectivity index (χ1) is 26.0. The van der Waals surface area contributed by atoms with Gasteiger partial charge in [-0.05, 0) is 61.1 Å². The van der Waals surface area contributed by atoms with Crippen LogP contribution in [0.3, 0.4) is 0 Å². The second kappa shape index (κ2) is 19.2. The summed E-state index contributed by atoms with van der Waals surface area (Å²) in [6, 6.07) is 18.2. The third-order valence-electron chi connectivity index (χ3n) is 9.50. The van der Waals surface area contributed by atoms with Crippen molar-refractivity contribution in [2.75, 3.05) is 39.5 Å². The number of pyridine rings is 1. The van der Waals surface area contributed by atoms with Crippen LogP contribution in [0.4, 0.5) is 0 Å². The van der Waals surface area contributed by atoms with Crippen LogP contribution in [0.2, 0.25) is 10.0 Å². The maximum absolute atomic E-state index is 11.3. The van der Waals surface area contributed by atoms with Gasteiger partial charge in [-0.15, -0.1) is 0 Å². The summed E-state index contributed by atoms with van der Waals surface area (Å²) in [5.41, 5.74) is 3.74. The first-order valence-corrected chi connectivity index (χ1v) is 18.4. The lowest BCUT2D eigenvalue weighted by Gasteiger charge is -2.35. The van der Waals surface area contributed by atoms with Crippen molar-refractivity contribution in [3.05, 3.63) is 105 Å².